The highest BCUT2D eigenvalue weighted by atomic mass is 16.3. The predicted molar refractivity (Wildman–Crippen MR) is 69.8 cm³/mol. The molecule has 0 fully saturated rings. The van der Waals surface area contributed by atoms with Gasteiger partial charge in [0.1, 0.15) is 0 Å². The van der Waals surface area contributed by atoms with Crippen LogP contribution < -0.4 is 5.32 Å². The Labute approximate surface area is 103 Å². The van der Waals surface area contributed by atoms with Crippen LogP contribution >= 0.6 is 0 Å². The van der Waals surface area contributed by atoms with E-state index in [2.05, 4.69) is 12.2 Å². The largest absolute Gasteiger partial charge is 0.389 e. The Bertz CT molecular complexity index is 374. The van der Waals surface area contributed by atoms with Crippen LogP contribution in [-0.4, -0.2) is 11.0 Å². The van der Waals surface area contributed by atoms with Crippen molar-refractivity contribution >= 4 is 11.6 Å². The van der Waals surface area contributed by atoms with E-state index in [1.807, 2.05) is 31.2 Å². The van der Waals surface area contributed by atoms with E-state index < -0.39 is 6.10 Å². The number of carbonyl (C=O) groups excluding carboxylic acids is 1. The number of amides is 1. The third-order valence-corrected chi connectivity index (χ3v) is 2.84. The molecule has 0 aliphatic rings. The number of aliphatic hydroxyl groups excluding tert-OH is 1. The first-order chi connectivity index (χ1) is 8.06. The van der Waals surface area contributed by atoms with Crippen LogP contribution in [0.3, 0.4) is 0 Å². The summed E-state index contributed by atoms with van der Waals surface area (Å²) in [6.07, 6.45) is 1.29. The monoisotopic (exact) mass is 235 g/mol. The zero-order valence-corrected chi connectivity index (χ0v) is 10.7. The Morgan fingerprint density at radius 2 is 2.00 bits per heavy atom. The van der Waals surface area contributed by atoms with E-state index in [-0.39, 0.29) is 11.8 Å². The minimum atomic E-state index is -0.576. The lowest BCUT2D eigenvalue weighted by atomic mass is 10.0. The fourth-order valence-electron chi connectivity index (χ4n) is 1.80. The van der Waals surface area contributed by atoms with Gasteiger partial charge in [0.25, 0.3) is 0 Å². The molecule has 1 aromatic carbocycles. The summed E-state index contributed by atoms with van der Waals surface area (Å²) in [7, 11) is 0. The number of nitrogens with one attached hydrogen (secondary N) is 1. The number of hydrogen-bond donors (Lipinski definition) is 2. The second-order valence-electron chi connectivity index (χ2n) is 4.44. The Morgan fingerprint density at radius 3 is 2.59 bits per heavy atom. The fraction of sp³-hybridized carbons (Fsp3) is 0.500. The maximum Gasteiger partial charge on any atom is 0.227 e. The van der Waals surface area contributed by atoms with Gasteiger partial charge in [-0.15, -0.1) is 0 Å². The molecule has 1 amide bonds. The van der Waals surface area contributed by atoms with E-state index in [9.17, 15) is 9.90 Å². The third-order valence-electron chi connectivity index (χ3n) is 2.84. The summed E-state index contributed by atoms with van der Waals surface area (Å²) in [5.74, 6) is 0.0157. The van der Waals surface area contributed by atoms with Crippen LogP contribution in [0.25, 0.3) is 0 Å². The van der Waals surface area contributed by atoms with E-state index in [0.29, 0.717) is 5.69 Å². The van der Waals surface area contributed by atoms with Crippen molar-refractivity contribution in [3.63, 3.8) is 0 Å². The van der Waals surface area contributed by atoms with Crippen molar-refractivity contribution in [1.82, 2.24) is 0 Å². The summed E-state index contributed by atoms with van der Waals surface area (Å²) in [6.45, 7) is 5.68. The van der Waals surface area contributed by atoms with Gasteiger partial charge < -0.3 is 10.4 Å². The first-order valence-corrected chi connectivity index (χ1v) is 6.14. The molecular weight excluding hydrogens is 214 g/mol. The van der Waals surface area contributed by atoms with E-state index in [1.165, 1.54) is 0 Å². The number of anilines is 1. The van der Waals surface area contributed by atoms with Crippen LogP contribution in [0.2, 0.25) is 0 Å². The van der Waals surface area contributed by atoms with Gasteiger partial charge in [0.2, 0.25) is 5.91 Å². The van der Waals surface area contributed by atoms with Gasteiger partial charge >= 0.3 is 0 Å². The molecule has 1 aromatic rings. The molecule has 94 valence electrons. The van der Waals surface area contributed by atoms with E-state index in [0.717, 1.165) is 18.4 Å². The molecule has 0 aromatic heterocycles. The Morgan fingerprint density at radius 1 is 1.35 bits per heavy atom. The van der Waals surface area contributed by atoms with Gasteiger partial charge in [-0.1, -0.05) is 38.5 Å². The molecule has 2 atom stereocenters. The Kier molecular flexibility index (Phi) is 5.16. The quantitative estimate of drug-likeness (QED) is 0.823. The predicted octanol–water partition coefficient (Wildman–Crippen LogP) is 3.11. The van der Waals surface area contributed by atoms with Crippen molar-refractivity contribution in [3.8, 4) is 0 Å². The van der Waals surface area contributed by atoms with Crippen molar-refractivity contribution in [1.29, 1.82) is 0 Å². The molecule has 0 aliphatic heterocycles. The molecule has 1 rings (SSSR count). The van der Waals surface area contributed by atoms with Gasteiger partial charge in [-0.25, -0.2) is 0 Å². The highest BCUT2D eigenvalue weighted by Crippen LogP contribution is 2.23. The van der Waals surface area contributed by atoms with Gasteiger partial charge in [-0.05, 0) is 19.4 Å². The minimum absolute atomic E-state index is 0.00190. The first kappa shape index (κ1) is 13.7. The minimum Gasteiger partial charge on any atom is -0.389 e. The van der Waals surface area contributed by atoms with Crippen LogP contribution in [0.15, 0.2) is 24.3 Å². The van der Waals surface area contributed by atoms with Crippen molar-refractivity contribution in [3.05, 3.63) is 29.8 Å². The van der Waals surface area contributed by atoms with Crippen molar-refractivity contribution in [2.75, 3.05) is 5.32 Å². The van der Waals surface area contributed by atoms with E-state index in [4.69, 9.17) is 0 Å². The zero-order chi connectivity index (χ0) is 12.8. The standard InChI is InChI=1S/C14H21NO2/c1-4-7-10(2)14(17)15-13-9-6-5-8-12(13)11(3)16/h5-6,8-11,16H,4,7H2,1-3H3,(H,15,17). The fourth-order valence-corrected chi connectivity index (χ4v) is 1.80. The van der Waals surface area contributed by atoms with Gasteiger partial charge in [0.15, 0.2) is 0 Å². The lowest BCUT2D eigenvalue weighted by molar-refractivity contribution is -0.119. The Hall–Kier alpha value is -1.35. The summed E-state index contributed by atoms with van der Waals surface area (Å²) in [4.78, 5) is 11.9. The number of rotatable bonds is 5. The summed E-state index contributed by atoms with van der Waals surface area (Å²) in [5.41, 5.74) is 1.46. The topological polar surface area (TPSA) is 49.3 Å². The van der Waals surface area contributed by atoms with E-state index >= 15 is 0 Å². The highest BCUT2D eigenvalue weighted by molar-refractivity contribution is 5.93. The van der Waals surface area contributed by atoms with Gasteiger partial charge in [-0.2, -0.15) is 0 Å². The Balaban J connectivity index is 2.77. The summed E-state index contributed by atoms with van der Waals surface area (Å²) in [5, 5.41) is 12.5. The van der Waals surface area contributed by atoms with Crippen LogP contribution in [0.1, 0.15) is 45.3 Å². The number of para-hydroxylation sites is 1. The molecule has 0 aliphatic carbocycles. The molecule has 0 saturated heterocycles. The molecule has 0 heterocycles. The van der Waals surface area contributed by atoms with Crippen molar-refractivity contribution in [2.45, 2.75) is 39.7 Å². The molecule has 2 unspecified atom stereocenters. The maximum atomic E-state index is 11.9. The molecule has 3 heteroatoms. The van der Waals surface area contributed by atoms with Crippen LogP contribution in [0, 0.1) is 5.92 Å². The molecule has 3 nitrogen and oxygen atoms in total. The average molecular weight is 235 g/mol. The normalized spacial score (nSPS) is 14.1. The number of carbonyl (C=O) groups is 1. The molecule has 0 radical (unpaired) electrons. The molecular formula is C14H21NO2. The molecule has 0 spiro atoms. The number of hydrogen-bond acceptors (Lipinski definition) is 2. The number of benzene rings is 1. The summed E-state index contributed by atoms with van der Waals surface area (Å²) >= 11 is 0. The van der Waals surface area contributed by atoms with Gasteiger partial charge in [0, 0.05) is 17.2 Å². The molecule has 2 N–H and O–H groups in total. The highest BCUT2D eigenvalue weighted by Gasteiger charge is 2.14. The molecule has 17 heavy (non-hydrogen) atoms. The smallest absolute Gasteiger partial charge is 0.227 e. The van der Waals surface area contributed by atoms with Gasteiger partial charge in [0.05, 0.1) is 6.10 Å². The van der Waals surface area contributed by atoms with E-state index in [1.54, 1.807) is 6.92 Å². The van der Waals surface area contributed by atoms with Crippen LogP contribution in [-0.2, 0) is 4.79 Å². The maximum absolute atomic E-state index is 11.9. The molecule has 0 saturated carbocycles. The molecule has 0 bridgehead atoms. The van der Waals surface area contributed by atoms with Crippen molar-refractivity contribution in [2.24, 2.45) is 5.92 Å². The SMILES string of the molecule is CCCC(C)C(=O)Nc1ccccc1C(C)O. The first-order valence-electron chi connectivity index (χ1n) is 6.14. The van der Waals surface area contributed by atoms with Crippen molar-refractivity contribution < 1.29 is 9.90 Å². The summed E-state index contributed by atoms with van der Waals surface area (Å²) < 4.78 is 0. The lowest BCUT2D eigenvalue weighted by Gasteiger charge is -2.15. The number of aliphatic hydroxyl groups is 1. The third kappa shape index (κ3) is 3.86. The second kappa shape index (κ2) is 6.40. The average Bonchev–Trinajstić information content (AvgIpc) is 2.29. The second-order valence-corrected chi connectivity index (χ2v) is 4.44. The van der Waals surface area contributed by atoms with Crippen LogP contribution in [0.4, 0.5) is 5.69 Å². The summed E-state index contributed by atoms with van der Waals surface area (Å²) in [6, 6.07) is 7.35. The van der Waals surface area contributed by atoms with Crippen LogP contribution in [0.5, 0.6) is 0 Å². The lowest BCUT2D eigenvalue weighted by Crippen LogP contribution is -2.21. The van der Waals surface area contributed by atoms with Gasteiger partial charge in [-0.3, -0.25) is 4.79 Å². The zero-order valence-electron chi connectivity index (χ0n) is 10.7.